The highest BCUT2D eigenvalue weighted by Gasteiger charge is 2.47. The van der Waals surface area contributed by atoms with E-state index in [0.717, 1.165) is 5.56 Å². The Labute approximate surface area is 201 Å². The van der Waals surface area contributed by atoms with E-state index in [9.17, 15) is 19.8 Å². The fourth-order valence-corrected chi connectivity index (χ4v) is 4.31. The first-order valence-corrected chi connectivity index (χ1v) is 10.7. The lowest BCUT2D eigenvalue weighted by atomic mass is 9.94. The highest BCUT2D eigenvalue weighted by molar-refractivity contribution is 6.51. The van der Waals surface area contributed by atoms with E-state index >= 15 is 0 Å². The third kappa shape index (κ3) is 3.84. The van der Waals surface area contributed by atoms with Gasteiger partial charge in [-0.05, 0) is 42.3 Å². The number of aryl methyl sites for hydroxylation is 1. The maximum atomic E-state index is 13.3. The van der Waals surface area contributed by atoms with Crippen LogP contribution in [0.3, 0.4) is 0 Å². The first-order chi connectivity index (χ1) is 16.3. The molecule has 2 N–H and O–H groups in total. The number of amides is 1. The van der Waals surface area contributed by atoms with Gasteiger partial charge in [-0.1, -0.05) is 41.9 Å². The number of ether oxygens (including phenoxy) is 2. The number of para-hydroxylation sites is 1. The summed E-state index contributed by atoms with van der Waals surface area (Å²) in [5.74, 6) is -1.57. The average Bonchev–Trinajstić information content (AvgIpc) is 3.09. The van der Waals surface area contributed by atoms with Crippen LogP contribution in [0.4, 0.5) is 5.69 Å². The molecule has 0 aliphatic carbocycles. The quantitative estimate of drug-likeness (QED) is 0.304. The molecule has 174 valence electrons. The van der Waals surface area contributed by atoms with Crippen LogP contribution in [0.1, 0.15) is 22.7 Å². The lowest BCUT2D eigenvalue weighted by Crippen LogP contribution is -2.30. The van der Waals surface area contributed by atoms with Gasteiger partial charge in [0.25, 0.3) is 11.7 Å². The summed E-state index contributed by atoms with van der Waals surface area (Å²) < 4.78 is 10.6. The first kappa shape index (κ1) is 23.2. The summed E-state index contributed by atoms with van der Waals surface area (Å²) in [6.45, 7) is 1.83. The molecule has 0 bridgehead atoms. The molecule has 0 spiro atoms. The Bertz CT molecular complexity index is 1320. The molecule has 1 amide bonds. The molecule has 34 heavy (non-hydrogen) atoms. The van der Waals surface area contributed by atoms with Crippen molar-refractivity contribution in [2.45, 2.75) is 13.0 Å². The smallest absolute Gasteiger partial charge is 0.300 e. The Morgan fingerprint density at radius 3 is 2.24 bits per heavy atom. The third-order valence-corrected chi connectivity index (χ3v) is 6.05. The van der Waals surface area contributed by atoms with Crippen molar-refractivity contribution in [2.24, 2.45) is 0 Å². The van der Waals surface area contributed by atoms with Gasteiger partial charge in [-0.3, -0.25) is 14.5 Å². The van der Waals surface area contributed by atoms with E-state index in [1.807, 2.05) is 19.1 Å². The Morgan fingerprint density at radius 1 is 0.971 bits per heavy atom. The second-order valence-corrected chi connectivity index (χ2v) is 8.14. The van der Waals surface area contributed by atoms with Crippen molar-refractivity contribution in [3.8, 4) is 17.2 Å². The molecule has 8 heteroatoms. The van der Waals surface area contributed by atoms with Crippen LogP contribution < -0.4 is 14.4 Å². The Kier molecular flexibility index (Phi) is 6.22. The molecule has 3 aromatic rings. The number of benzene rings is 3. The van der Waals surface area contributed by atoms with Gasteiger partial charge in [-0.25, -0.2) is 0 Å². The summed E-state index contributed by atoms with van der Waals surface area (Å²) in [5, 5.41) is 21.4. The molecule has 1 saturated heterocycles. The van der Waals surface area contributed by atoms with Crippen LogP contribution in [-0.2, 0) is 9.59 Å². The largest absolute Gasteiger partial charge is 0.508 e. The van der Waals surface area contributed by atoms with Crippen LogP contribution in [0.15, 0.2) is 66.2 Å². The molecule has 0 saturated carbocycles. The number of rotatable bonds is 5. The highest BCUT2D eigenvalue weighted by Crippen LogP contribution is 2.45. The van der Waals surface area contributed by atoms with Crippen molar-refractivity contribution in [3.05, 3.63) is 87.9 Å². The number of phenolic OH excluding ortho intramolecular Hbond substituents is 1. The van der Waals surface area contributed by atoms with Crippen molar-refractivity contribution in [3.63, 3.8) is 0 Å². The molecule has 1 atom stereocenters. The van der Waals surface area contributed by atoms with E-state index in [-0.39, 0.29) is 33.4 Å². The minimum atomic E-state index is -0.951. The maximum Gasteiger partial charge on any atom is 0.300 e. The van der Waals surface area contributed by atoms with Crippen molar-refractivity contribution in [1.82, 2.24) is 0 Å². The molecule has 1 heterocycles. The van der Waals surface area contributed by atoms with E-state index in [2.05, 4.69) is 0 Å². The lowest BCUT2D eigenvalue weighted by Gasteiger charge is -2.27. The van der Waals surface area contributed by atoms with Crippen molar-refractivity contribution in [2.75, 3.05) is 19.1 Å². The van der Waals surface area contributed by atoms with Gasteiger partial charge in [0.1, 0.15) is 23.0 Å². The standard InChI is InChI=1S/C26H22ClNO6/c1-14-6-4-5-7-19(14)28-23(15-8-10-16(29)11-9-15)22(25(31)26(28)32)24(30)17-12-21(34-3)18(27)13-20(17)33-2/h4-13,23,29-30H,1-3H3/b24-22+. The van der Waals surface area contributed by atoms with Gasteiger partial charge in [0, 0.05) is 11.8 Å². The number of phenols is 1. The molecule has 0 aromatic heterocycles. The SMILES string of the molecule is COc1cc(/C(O)=C2\C(=O)C(=O)N(c3ccccc3C)C2c2ccc(O)cc2)c(OC)cc1Cl. The van der Waals surface area contributed by atoms with Gasteiger partial charge in [0.15, 0.2) is 0 Å². The van der Waals surface area contributed by atoms with Crippen molar-refractivity contribution < 1.29 is 29.3 Å². The molecule has 1 aliphatic heterocycles. The maximum absolute atomic E-state index is 13.3. The minimum Gasteiger partial charge on any atom is -0.508 e. The van der Waals surface area contributed by atoms with Crippen LogP contribution in [0.25, 0.3) is 5.76 Å². The number of aliphatic hydroxyl groups is 1. The highest BCUT2D eigenvalue weighted by atomic mass is 35.5. The molecule has 1 aliphatic rings. The van der Waals surface area contributed by atoms with Crippen molar-refractivity contribution in [1.29, 1.82) is 0 Å². The molecule has 1 unspecified atom stereocenters. The summed E-state index contributed by atoms with van der Waals surface area (Å²) in [6, 6.07) is 15.2. The molecule has 7 nitrogen and oxygen atoms in total. The summed E-state index contributed by atoms with van der Waals surface area (Å²) in [6.07, 6.45) is 0. The van der Waals surface area contributed by atoms with E-state index < -0.39 is 23.5 Å². The van der Waals surface area contributed by atoms with Gasteiger partial charge in [0.05, 0.1) is 36.4 Å². The minimum absolute atomic E-state index is 0.0284. The number of Topliss-reactive ketones (excluding diaryl/α,β-unsaturated/α-hetero) is 1. The zero-order chi connectivity index (χ0) is 24.6. The summed E-state index contributed by atoms with van der Waals surface area (Å²) >= 11 is 6.20. The van der Waals surface area contributed by atoms with E-state index in [4.69, 9.17) is 21.1 Å². The van der Waals surface area contributed by atoms with Gasteiger partial charge >= 0.3 is 0 Å². The number of hydrogen-bond acceptors (Lipinski definition) is 6. The number of carbonyl (C=O) groups is 2. The summed E-state index contributed by atoms with van der Waals surface area (Å²) in [5.41, 5.74) is 1.86. The van der Waals surface area contributed by atoms with Gasteiger partial charge in [0.2, 0.25) is 0 Å². The normalized spacial score (nSPS) is 17.2. The zero-order valence-corrected chi connectivity index (χ0v) is 19.5. The molecule has 1 fully saturated rings. The number of carbonyl (C=O) groups excluding carboxylic acids is 2. The number of nitrogens with zero attached hydrogens (tertiary/aromatic N) is 1. The summed E-state index contributed by atoms with van der Waals surface area (Å²) in [7, 11) is 2.82. The number of anilines is 1. The Morgan fingerprint density at radius 2 is 1.62 bits per heavy atom. The van der Waals surface area contributed by atoms with Crippen LogP contribution in [-0.4, -0.2) is 36.1 Å². The fraction of sp³-hybridized carbons (Fsp3) is 0.154. The number of methoxy groups -OCH3 is 2. The van der Waals surface area contributed by atoms with Crippen LogP contribution in [0.5, 0.6) is 17.2 Å². The van der Waals surface area contributed by atoms with E-state index in [1.165, 1.54) is 43.4 Å². The molecular weight excluding hydrogens is 458 g/mol. The number of aliphatic hydroxyl groups excluding tert-OH is 1. The van der Waals surface area contributed by atoms with Crippen LogP contribution in [0, 0.1) is 6.92 Å². The van der Waals surface area contributed by atoms with E-state index in [1.54, 1.807) is 24.3 Å². The van der Waals surface area contributed by atoms with E-state index in [0.29, 0.717) is 11.3 Å². The Balaban J connectivity index is 2.01. The number of halogens is 1. The third-order valence-electron chi connectivity index (χ3n) is 5.76. The Hall–Kier alpha value is -3.97. The van der Waals surface area contributed by atoms with Crippen LogP contribution >= 0.6 is 11.6 Å². The van der Waals surface area contributed by atoms with Crippen molar-refractivity contribution >= 4 is 34.7 Å². The van der Waals surface area contributed by atoms with Gasteiger partial charge < -0.3 is 19.7 Å². The molecule has 0 radical (unpaired) electrons. The monoisotopic (exact) mass is 479 g/mol. The number of aromatic hydroxyl groups is 1. The first-order valence-electron chi connectivity index (χ1n) is 10.4. The topological polar surface area (TPSA) is 96.3 Å². The van der Waals surface area contributed by atoms with Crippen LogP contribution in [0.2, 0.25) is 5.02 Å². The van der Waals surface area contributed by atoms with Gasteiger partial charge in [-0.15, -0.1) is 0 Å². The number of ketones is 1. The zero-order valence-electron chi connectivity index (χ0n) is 18.7. The second kappa shape index (κ2) is 9.11. The average molecular weight is 480 g/mol. The fourth-order valence-electron chi connectivity index (χ4n) is 4.08. The summed E-state index contributed by atoms with van der Waals surface area (Å²) in [4.78, 5) is 28.0. The predicted octanol–water partition coefficient (Wildman–Crippen LogP) is 5.00. The molecule has 4 rings (SSSR count). The predicted molar refractivity (Wildman–Crippen MR) is 129 cm³/mol. The number of hydrogen-bond donors (Lipinski definition) is 2. The molecule has 3 aromatic carbocycles. The van der Waals surface area contributed by atoms with Gasteiger partial charge in [-0.2, -0.15) is 0 Å². The molecular formula is C26H22ClNO6. The second-order valence-electron chi connectivity index (χ2n) is 7.73. The lowest BCUT2D eigenvalue weighted by molar-refractivity contribution is -0.132.